The number of amides is 1. The zero-order valence-electron chi connectivity index (χ0n) is 10.4. The Morgan fingerprint density at radius 2 is 2.21 bits per heavy atom. The van der Waals surface area contributed by atoms with E-state index in [2.05, 4.69) is 5.32 Å². The zero-order chi connectivity index (χ0) is 14.0. The maximum atomic E-state index is 12.2. The van der Waals surface area contributed by atoms with E-state index < -0.39 is 11.6 Å². The van der Waals surface area contributed by atoms with Crippen LogP contribution in [-0.2, 0) is 9.53 Å². The Hall–Kier alpha value is -1.59. The predicted molar refractivity (Wildman–Crippen MR) is 70.6 cm³/mol. The van der Waals surface area contributed by atoms with E-state index in [-0.39, 0.29) is 17.2 Å². The van der Waals surface area contributed by atoms with Crippen LogP contribution in [0, 0.1) is 0 Å². The van der Waals surface area contributed by atoms with Crippen LogP contribution in [0.3, 0.4) is 0 Å². The van der Waals surface area contributed by atoms with E-state index in [9.17, 15) is 9.59 Å². The van der Waals surface area contributed by atoms with Gasteiger partial charge in [-0.15, -0.1) is 0 Å². The first-order valence-corrected chi connectivity index (χ1v) is 6.28. The molecule has 0 aromatic heterocycles. The Balaban J connectivity index is 2.25. The largest absolute Gasteiger partial charge is 0.478 e. The Kier molecular flexibility index (Phi) is 3.78. The number of anilines is 1. The minimum atomic E-state index is -1.12. The Morgan fingerprint density at radius 3 is 2.79 bits per heavy atom. The van der Waals surface area contributed by atoms with Gasteiger partial charge in [0.15, 0.2) is 0 Å². The number of halogens is 1. The highest BCUT2D eigenvalue weighted by molar-refractivity contribution is 6.31. The van der Waals surface area contributed by atoms with Crippen molar-refractivity contribution in [1.82, 2.24) is 0 Å². The highest BCUT2D eigenvalue weighted by Gasteiger charge is 2.38. The number of benzene rings is 1. The van der Waals surface area contributed by atoms with Crippen LogP contribution < -0.4 is 5.32 Å². The van der Waals surface area contributed by atoms with Gasteiger partial charge in [0.2, 0.25) is 0 Å². The molecule has 0 spiro atoms. The number of hydrogen-bond donors (Lipinski definition) is 2. The summed E-state index contributed by atoms with van der Waals surface area (Å²) in [6.45, 7) is 2.23. The van der Waals surface area contributed by atoms with Crippen LogP contribution in [0.15, 0.2) is 18.2 Å². The number of carboxylic acids is 1. The van der Waals surface area contributed by atoms with Crippen LogP contribution in [0.4, 0.5) is 5.69 Å². The van der Waals surface area contributed by atoms with Gasteiger partial charge in [-0.05, 0) is 38.0 Å². The number of carbonyl (C=O) groups is 2. The summed E-state index contributed by atoms with van der Waals surface area (Å²) in [5.41, 5.74) is -0.723. The van der Waals surface area contributed by atoms with Gasteiger partial charge in [0.25, 0.3) is 5.91 Å². The molecule has 2 N–H and O–H groups in total. The normalized spacial score (nSPS) is 22.2. The number of carboxylic acid groups (broad SMARTS) is 1. The number of nitrogens with one attached hydrogen (secondary N) is 1. The molecule has 1 aromatic carbocycles. The molecule has 0 radical (unpaired) electrons. The molecule has 0 bridgehead atoms. The first kappa shape index (κ1) is 13.8. The van der Waals surface area contributed by atoms with E-state index in [1.807, 2.05) is 0 Å². The lowest BCUT2D eigenvalue weighted by Gasteiger charge is -2.22. The maximum Gasteiger partial charge on any atom is 0.337 e. The first-order valence-electron chi connectivity index (χ1n) is 5.91. The molecule has 0 aliphatic carbocycles. The van der Waals surface area contributed by atoms with Crippen molar-refractivity contribution in [3.8, 4) is 0 Å². The van der Waals surface area contributed by atoms with Gasteiger partial charge in [-0.3, -0.25) is 4.79 Å². The van der Waals surface area contributed by atoms with Gasteiger partial charge in [-0.1, -0.05) is 11.6 Å². The molecular formula is C13H14ClNO4. The van der Waals surface area contributed by atoms with Gasteiger partial charge in [-0.2, -0.15) is 0 Å². The fourth-order valence-electron chi connectivity index (χ4n) is 2.02. The molecule has 5 nitrogen and oxygen atoms in total. The van der Waals surface area contributed by atoms with Crippen LogP contribution in [0.5, 0.6) is 0 Å². The molecule has 102 valence electrons. The van der Waals surface area contributed by atoms with Gasteiger partial charge < -0.3 is 15.2 Å². The Bertz CT molecular complexity index is 523. The van der Waals surface area contributed by atoms with Crippen molar-refractivity contribution in [2.24, 2.45) is 0 Å². The van der Waals surface area contributed by atoms with Crippen molar-refractivity contribution in [2.75, 3.05) is 11.9 Å². The van der Waals surface area contributed by atoms with E-state index in [0.29, 0.717) is 18.1 Å². The van der Waals surface area contributed by atoms with Crippen LogP contribution in [-0.4, -0.2) is 29.2 Å². The molecule has 1 aromatic rings. The molecule has 1 heterocycles. The minimum absolute atomic E-state index is 0.000605. The van der Waals surface area contributed by atoms with Gasteiger partial charge in [0.05, 0.1) is 11.3 Å². The smallest absolute Gasteiger partial charge is 0.337 e. The van der Waals surface area contributed by atoms with E-state index in [1.165, 1.54) is 18.2 Å². The summed E-state index contributed by atoms with van der Waals surface area (Å²) in [4.78, 5) is 23.2. The lowest BCUT2D eigenvalue weighted by molar-refractivity contribution is -0.133. The van der Waals surface area contributed by atoms with Crippen LogP contribution >= 0.6 is 11.6 Å². The molecule has 1 atom stereocenters. The minimum Gasteiger partial charge on any atom is -0.478 e. The average molecular weight is 284 g/mol. The van der Waals surface area contributed by atoms with Crippen molar-refractivity contribution in [1.29, 1.82) is 0 Å². The van der Waals surface area contributed by atoms with Gasteiger partial charge >= 0.3 is 5.97 Å². The standard InChI is InChI=1S/C13H14ClNO4/c1-13(5-2-6-19-13)12(18)15-10-7-8(14)3-4-9(10)11(16)17/h3-4,7H,2,5-6H2,1H3,(H,15,18)(H,16,17). The highest BCUT2D eigenvalue weighted by atomic mass is 35.5. The molecule has 6 heteroatoms. The summed E-state index contributed by atoms with van der Waals surface area (Å²) in [6.07, 6.45) is 1.42. The summed E-state index contributed by atoms with van der Waals surface area (Å²) in [7, 11) is 0. The van der Waals surface area contributed by atoms with E-state index in [0.717, 1.165) is 6.42 Å². The molecule has 1 fully saturated rings. The topological polar surface area (TPSA) is 75.6 Å². The number of aromatic carboxylic acids is 1. The predicted octanol–water partition coefficient (Wildman–Crippen LogP) is 2.55. The van der Waals surface area contributed by atoms with Gasteiger partial charge in [0.1, 0.15) is 5.60 Å². The highest BCUT2D eigenvalue weighted by Crippen LogP contribution is 2.28. The van der Waals surface area contributed by atoms with Crippen molar-refractivity contribution in [3.05, 3.63) is 28.8 Å². The lowest BCUT2D eigenvalue weighted by atomic mass is 10.0. The van der Waals surface area contributed by atoms with Crippen LogP contribution in [0.1, 0.15) is 30.1 Å². The van der Waals surface area contributed by atoms with Crippen molar-refractivity contribution in [2.45, 2.75) is 25.4 Å². The molecule has 19 heavy (non-hydrogen) atoms. The summed E-state index contributed by atoms with van der Waals surface area (Å²) < 4.78 is 5.41. The van der Waals surface area contributed by atoms with Crippen molar-refractivity contribution >= 4 is 29.2 Å². The molecule has 1 unspecified atom stereocenters. The fraction of sp³-hybridized carbons (Fsp3) is 0.385. The third-order valence-corrected chi connectivity index (χ3v) is 3.39. The number of hydrogen-bond acceptors (Lipinski definition) is 3. The van der Waals surface area contributed by atoms with E-state index in [4.69, 9.17) is 21.4 Å². The molecule has 1 saturated heterocycles. The third kappa shape index (κ3) is 2.88. The number of carbonyl (C=O) groups excluding carboxylic acids is 1. The molecule has 1 aliphatic heterocycles. The second-order valence-corrected chi connectivity index (χ2v) is 5.07. The molecule has 1 aliphatic rings. The van der Waals surface area contributed by atoms with Crippen LogP contribution in [0.25, 0.3) is 0 Å². The Morgan fingerprint density at radius 1 is 1.47 bits per heavy atom. The lowest BCUT2D eigenvalue weighted by Crippen LogP contribution is -2.39. The summed E-state index contributed by atoms with van der Waals surface area (Å²) in [5, 5.41) is 12.0. The molecule has 1 amide bonds. The van der Waals surface area contributed by atoms with Gasteiger partial charge in [0, 0.05) is 11.6 Å². The van der Waals surface area contributed by atoms with Crippen LogP contribution in [0.2, 0.25) is 5.02 Å². The van der Waals surface area contributed by atoms with E-state index >= 15 is 0 Å². The number of rotatable bonds is 3. The first-order chi connectivity index (χ1) is 8.92. The van der Waals surface area contributed by atoms with Gasteiger partial charge in [-0.25, -0.2) is 4.79 Å². The maximum absolute atomic E-state index is 12.2. The summed E-state index contributed by atoms with van der Waals surface area (Å²) in [6, 6.07) is 4.24. The Labute approximate surface area is 115 Å². The van der Waals surface area contributed by atoms with Crippen molar-refractivity contribution in [3.63, 3.8) is 0 Å². The fourth-order valence-corrected chi connectivity index (χ4v) is 2.19. The third-order valence-electron chi connectivity index (χ3n) is 3.16. The molecule has 0 saturated carbocycles. The second-order valence-electron chi connectivity index (χ2n) is 4.63. The SMILES string of the molecule is CC1(C(=O)Nc2cc(Cl)ccc2C(=O)O)CCCO1. The summed E-state index contributed by atoms with van der Waals surface area (Å²) in [5.74, 6) is -1.47. The zero-order valence-corrected chi connectivity index (χ0v) is 11.2. The van der Waals surface area contributed by atoms with E-state index in [1.54, 1.807) is 6.92 Å². The van der Waals surface area contributed by atoms with Crippen molar-refractivity contribution < 1.29 is 19.4 Å². The summed E-state index contributed by atoms with van der Waals surface area (Å²) >= 11 is 5.82. The average Bonchev–Trinajstić information content (AvgIpc) is 2.77. The number of ether oxygens (including phenoxy) is 1. The molecule has 2 rings (SSSR count). The second kappa shape index (κ2) is 5.19. The molecular weight excluding hydrogens is 270 g/mol. The monoisotopic (exact) mass is 283 g/mol. The quantitative estimate of drug-likeness (QED) is 0.894.